The summed E-state index contributed by atoms with van der Waals surface area (Å²) in [5, 5.41) is 0. The SMILES string of the molecule is CCc1ccc(CC)c(CNS(=O)(=O)c2ccc(OC)c(F)c2)c1. The highest BCUT2D eigenvalue weighted by molar-refractivity contribution is 7.89. The lowest BCUT2D eigenvalue weighted by Crippen LogP contribution is -2.24. The first-order valence-electron chi connectivity index (χ1n) is 7.85. The first-order chi connectivity index (χ1) is 11.4. The summed E-state index contributed by atoms with van der Waals surface area (Å²) in [5.41, 5.74) is 3.18. The predicted molar refractivity (Wildman–Crippen MR) is 92.2 cm³/mol. The molecule has 2 aromatic rings. The molecule has 2 rings (SSSR count). The molecule has 0 unspecified atom stereocenters. The summed E-state index contributed by atoms with van der Waals surface area (Å²) in [4.78, 5) is -0.120. The fraction of sp³-hybridized carbons (Fsp3) is 0.333. The first kappa shape index (κ1) is 18.4. The quantitative estimate of drug-likeness (QED) is 0.831. The van der Waals surface area contributed by atoms with Crippen molar-refractivity contribution in [3.05, 3.63) is 58.9 Å². The Bertz CT molecular complexity index is 819. The maximum Gasteiger partial charge on any atom is 0.240 e. The third kappa shape index (κ3) is 4.13. The van der Waals surface area contributed by atoms with Crippen molar-refractivity contribution in [2.24, 2.45) is 0 Å². The van der Waals surface area contributed by atoms with E-state index >= 15 is 0 Å². The number of rotatable bonds is 7. The van der Waals surface area contributed by atoms with Crippen LogP contribution in [0.5, 0.6) is 5.75 Å². The molecule has 0 heterocycles. The highest BCUT2D eigenvalue weighted by atomic mass is 32.2. The molecule has 4 nitrogen and oxygen atoms in total. The zero-order valence-corrected chi connectivity index (χ0v) is 14.9. The Morgan fingerprint density at radius 1 is 1.04 bits per heavy atom. The average Bonchev–Trinajstić information content (AvgIpc) is 2.59. The van der Waals surface area contributed by atoms with E-state index in [1.54, 1.807) is 0 Å². The number of sulfonamides is 1. The molecule has 6 heteroatoms. The number of nitrogens with one attached hydrogen (secondary N) is 1. The number of hydrogen-bond acceptors (Lipinski definition) is 3. The van der Waals surface area contributed by atoms with Crippen LogP contribution in [0, 0.1) is 5.82 Å². The van der Waals surface area contributed by atoms with Crippen molar-refractivity contribution in [1.82, 2.24) is 4.72 Å². The zero-order valence-electron chi connectivity index (χ0n) is 14.1. The standard InChI is InChI=1S/C18H22FNO3S/c1-4-13-6-7-14(5-2)15(10-13)12-20-24(21,22)16-8-9-18(23-3)17(19)11-16/h6-11,20H,4-5,12H2,1-3H3. The second kappa shape index (κ2) is 7.77. The molecule has 0 atom stereocenters. The smallest absolute Gasteiger partial charge is 0.240 e. The molecule has 0 spiro atoms. The minimum absolute atomic E-state index is 0.0119. The van der Waals surface area contributed by atoms with Crippen molar-refractivity contribution < 1.29 is 17.5 Å². The van der Waals surface area contributed by atoms with E-state index < -0.39 is 15.8 Å². The van der Waals surface area contributed by atoms with Crippen LogP contribution in [0.1, 0.15) is 30.5 Å². The molecule has 0 bridgehead atoms. The molecular formula is C18H22FNO3S. The van der Waals surface area contributed by atoms with Crippen LogP contribution in [0.15, 0.2) is 41.3 Å². The van der Waals surface area contributed by atoms with Crippen molar-refractivity contribution in [2.75, 3.05) is 7.11 Å². The molecule has 0 aliphatic carbocycles. The van der Waals surface area contributed by atoms with E-state index in [0.29, 0.717) is 0 Å². The molecule has 2 aromatic carbocycles. The third-order valence-electron chi connectivity index (χ3n) is 3.95. The van der Waals surface area contributed by atoms with Gasteiger partial charge < -0.3 is 4.74 Å². The monoisotopic (exact) mass is 351 g/mol. The van der Waals surface area contributed by atoms with E-state index in [4.69, 9.17) is 4.74 Å². The van der Waals surface area contributed by atoms with Crippen molar-refractivity contribution >= 4 is 10.0 Å². The van der Waals surface area contributed by atoms with Gasteiger partial charge in [-0.15, -0.1) is 0 Å². The van der Waals surface area contributed by atoms with Gasteiger partial charge in [-0.3, -0.25) is 0 Å². The highest BCUT2D eigenvalue weighted by Crippen LogP contribution is 2.21. The molecule has 24 heavy (non-hydrogen) atoms. The van der Waals surface area contributed by atoms with Gasteiger partial charge in [0.15, 0.2) is 11.6 Å². The minimum Gasteiger partial charge on any atom is -0.494 e. The largest absolute Gasteiger partial charge is 0.494 e. The van der Waals surface area contributed by atoms with E-state index in [0.717, 1.165) is 35.6 Å². The number of hydrogen-bond donors (Lipinski definition) is 1. The minimum atomic E-state index is -3.80. The van der Waals surface area contributed by atoms with Crippen molar-refractivity contribution in [1.29, 1.82) is 0 Å². The average molecular weight is 351 g/mol. The summed E-state index contributed by atoms with van der Waals surface area (Å²) in [6.07, 6.45) is 1.70. The van der Waals surface area contributed by atoms with E-state index in [9.17, 15) is 12.8 Å². The molecule has 0 aliphatic heterocycles. The van der Waals surface area contributed by atoms with Crippen LogP contribution >= 0.6 is 0 Å². The van der Waals surface area contributed by atoms with Crippen LogP contribution in [-0.4, -0.2) is 15.5 Å². The van der Waals surface area contributed by atoms with E-state index in [1.165, 1.54) is 19.2 Å². The second-order valence-corrected chi connectivity index (χ2v) is 7.20. The summed E-state index contributed by atoms with van der Waals surface area (Å²) in [5.74, 6) is -0.694. The van der Waals surface area contributed by atoms with Gasteiger partial charge in [0.1, 0.15) is 0 Å². The van der Waals surface area contributed by atoms with Crippen LogP contribution in [0.2, 0.25) is 0 Å². The lowest BCUT2D eigenvalue weighted by atomic mass is 10.0. The Morgan fingerprint density at radius 2 is 1.79 bits per heavy atom. The van der Waals surface area contributed by atoms with Crippen LogP contribution in [-0.2, 0) is 29.4 Å². The first-order valence-corrected chi connectivity index (χ1v) is 9.33. The molecule has 1 N–H and O–H groups in total. The highest BCUT2D eigenvalue weighted by Gasteiger charge is 2.17. The van der Waals surface area contributed by atoms with Gasteiger partial charge in [0, 0.05) is 6.54 Å². The Morgan fingerprint density at radius 3 is 2.38 bits per heavy atom. The van der Waals surface area contributed by atoms with Gasteiger partial charge in [-0.25, -0.2) is 17.5 Å². The van der Waals surface area contributed by atoms with Gasteiger partial charge >= 0.3 is 0 Å². The van der Waals surface area contributed by atoms with Crippen LogP contribution < -0.4 is 9.46 Å². The van der Waals surface area contributed by atoms with Crippen molar-refractivity contribution in [3.8, 4) is 5.75 Å². The Labute approximate surface area is 142 Å². The van der Waals surface area contributed by atoms with Gasteiger partial charge in [-0.1, -0.05) is 32.0 Å². The van der Waals surface area contributed by atoms with Crippen LogP contribution in [0.3, 0.4) is 0 Å². The summed E-state index contributed by atoms with van der Waals surface area (Å²) in [6.45, 7) is 4.25. The van der Waals surface area contributed by atoms with Gasteiger partial charge in [0.25, 0.3) is 0 Å². The summed E-state index contributed by atoms with van der Waals surface area (Å²) < 4.78 is 45.9. The lowest BCUT2D eigenvalue weighted by molar-refractivity contribution is 0.385. The molecule has 0 fully saturated rings. The molecule has 0 aromatic heterocycles. The second-order valence-electron chi connectivity index (χ2n) is 5.43. The van der Waals surface area contributed by atoms with Gasteiger partial charge in [-0.2, -0.15) is 0 Å². The van der Waals surface area contributed by atoms with Gasteiger partial charge in [0.05, 0.1) is 12.0 Å². The Kier molecular flexibility index (Phi) is 5.96. The number of halogens is 1. The maximum atomic E-state index is 13.7. The van der Waals surface area contributed by atoms with Gasteiger partial charge in [-0.05, 0) is 47.7 Å². The number of aryl methyl sites for hydroxylation is 2. The van der Waals surface area contributed by atoms with Crippen molar-refractivity contribution in [3.63, 3.8) is 0 Å². The van der Waals surface area contributed by atoms with E-state index in [1.807, 2.05) is 19.1 Å². The van der Waals surface area contributed by atoms with Gasteiger partial charge in [0.2, 0.25) is 10.0 Å². The molecule has 0 amide bonds. The predicted octanol–water partition coefficient (Wildman–Crippen LogP) is 3.44. The van der Waals surface area contributed by atoms with Crippen molar-refractivity contribution in [2.45, 2.75) is 38.1 Å². The molecule has 0 radical (unpaired) electrons. The Balaban J connectivity index is 2.23. The third-order valence-corrected chi connectivity index (χ3v) is 5.34. The van der Waals surface area contributed by atoms with E-state index in [-0.39, 0.29) is 17.2 Å². The molecule has 130 valence electrons. The number of ether oxygens (including phenoxy) is 1. The zero-order chi connectivity index (χ0) is 17.7. The van der Waals surface area contributed by atoms with E-state index in [2.05, 4.69) is 17.7 Å². The molecule has 0 saturated carbocycles. The number of benzene rings is 2. The Hall–Kier alpha value is -1.92. The topological polar surface area (TPSA) is 55.4 Å². The lowest BCUT2D eigenvalue weighted by Gasteiger charge is -2.12. The fourth-order valence-corrected chi connectivity index (χ4v) is 3.50. The molecular weight excluding hydrogens is 329 g/mol. The summed E-state index contributed by atoms with van der Waals surface area (Å²) in [6, 6.07) is 9.68. The molecule has 0 saturated heterocycles. The summed E-state index contributed by atoms with van der Waals surface area (Å²) in [7, 11) is -2.46. The number of methoxy groups -OCH3 is 1. The van der Waals surface area contributed by atoms with Crippen LogP contribution in [0.4, 0.5) is 4.39 Å². The normalized spacial score (nSPS) is 11.5. The van der Waals surface area contributed by atoms with Crippen LogP contribution in [0.25, 0.3) is 0 Å². The maximum absolute atomic E-state index is 13.7. The summed E-state index contributed by atoms with van der Waals surface area (Å²) >= 11 is 0. The fourth-order valence-electron chi connectivity index (χ4n) is 2.48. The molecule has 0 aliphatic rings.